The van der Waals surface area contributed by atoms with Crippen LogP contribution in [-0.2, 0) is 9.59 Å². The molecule has 0 radical (unpaired) electrons. The zero-order valence-electron chi connectivity index (χ0n) is 13.3. The summed E-state index contributed by atoms with van der Waals surface area (Å²) in [5.74, 6) is -0.306. The van der Waals surface area contributed by atoms with Gasteiger partial charge in [-0.2, -0.15) is 0 Å². The average Bonchev–Trinajstić information content (AvgIpc) is 2.96. The number of nitrogens with zero attached hydrogens (tertiary/aromatic N) is 2. The maximum absolute atomic E-state index is 12.3. The molecule has 0 saturated carbocycles. The van der Waals surface area contributed by atoms with E-state index in [1.54, 1.807) is 0 Å². The van der Waals surface area contributed by atoms with Gasteiger partial charge in [-0.05, 0) is 38.6 Å². The third-order valence-corrected chi connectivity index (χ3v) is 4.97. The van der Waals surface area contributed by atoms with Gasteiger partial charge in [0.25, 0.3) is 0 Å². The van der Waals surface area contributed by atoms with Gasteiger partial charge in [-0.3, -0.25) is 14.5 Å². The molecule has 21 heavy (non-hydrogen) atoms. The van der Waals surface area contributed by atoms with E-state index in [2.05, 4.69) is 11.8 Å². The number of piperidine rings is 1. The van der Waals surface area contributed by atoms with Crippen LogP contribution >= 0.6 is 0 Å². The Morgan fingerprint density at radius 2 is 1.86 bits per heavy atom. The Balaban J connectivity index is 1.85. The number of carboxylic acids is 1. The van der Waals surface area contributed by atoms with E-state index in [0.29, 0.717) is 6.04 Å². The molecule has 2 aliphatic rings. The van der Waals surface area contributed by atoms with E-state index in [1.807, 2.05) is 11.8 Å². The Hall–Kier alpha value is -1.10. The first-order valence-electron chi connectivity index (χ1n) is 8.32. The van der Waals surface area contributed by atoms with Crippen molar-refractivity contribution in [3.63, 3.8) is 0 Å². The van der Waals surface area contributed by atoms with E-state index in [9.17, 15) is 14.7 Å². The quantitative estimate of drug-likeness (QED) is 0.842. The predicted molar refractivity (Wildman–Crippen MR) is 81.0 cm³/mol. The number of hydrogen-bond donors (Lipinski definition) is 1. The molecule has 2 saturated heterocycles. The molecule has 120 valence electrons. The molecule has 0 spiro atoms. The van der Waals surface area contributed by atoms with E-state index in [0.717, 1.165) is 58.2 Å². The van der Waals surface area contributed by atoms with Gasteiger partial charge < -0.3 is 10.0 Å². The average molecular weight is 296 g/mol. The van der Waals surface area contributed by atoms with Crippen molar-refractivity contribution in [3.8, 4) is 0 Å². The molecule has 0 aromatic carbocycles. The van der Waals surface area contributed by atoms with E-state index < -0.39 is 5.97 Å². The largest absolute Gasteiger partial charge is 0.480 e. The molecule has 1 N–H and O–H groups in total. The van der Waals surface area contributed by atoms with Gasteiger partial charge >= 0.3 is 5.97 Å². The molecule has 0 aliphatic carbocycles. The number of carbonyl (C=O) groups is 2. The SMILES string of the molecule is CCCC(C)C(=O)N1CCC(N2CCCC2C(=O)O)CC1. The highest BCUT2D eigenvalue weighted by Gasteiger charge is 2.37. The van der Waals surface area contributed by atoms with Gasteiger partial charge in [0.05, 0.1) is 0 Å². The van der Waals surface area contributed by atoms with Crippen LogP contribution in [0.3, 0.4) is 0 Å². The monoisotopic (exact) mass is 296 g/mol. The third-order valence-electron chi connectivity index (χ3n) is 4.97. The van der Waals surface area contributed by atoms with Gasteiger partial charge in [0.1, 0.15) is 6.04 Å². The molecular weight excluding hydrogens is 268 g/mol. The number of likely N-dealkylation sites (tertiary alicyclic amines) is 2. The van der Waals surface area contributed by atoms with E-state index in [4.69, 9.17) is 0 Å². The fourth-order valence-electron chi connectivity index (χ4n) is 3.78. The van der Waals surface area contributed by atoms with Crippen LogP contribution in [0.15, 0.2) is 0 Å². The molecule has 0 bridgehead atoms. The van der Waals surface area contributed by atoms with E-state index in [1.165, 1.54) is 0 Å². The van der Waals surface area contributed by atoms with Crippen molar-refractivity contribution in [1.82, 2.24) is 9.80 Å². The lowest BCUT2D eigenvalue weighted by molar-refractivity contribution is -0.144. The van der Waals surface area contributed by atoms with E-state index in [-0.39, 0.29) is 17.9 Å². The lowest BCUT2D eigenvalue weighted by atomic mass is 9.99. The van der Waals surface area contributed by atoms with Crippen LogP contribution in [0, 0.1) is 5.92 Å². The summed E-state index contributed by atoms with van der Waals surface area (Å²) in [5.41, 5.74) is 0. The lowest BCUT2D eigenvalue weighted by Crippen LogP contribution is -2.50. The van der Waals surface area contributed by atoms with Crippen LogP contribution in [0.25, 0.3) is 0 Å². The first-order chi connectivity index (χ1) is 10.0. The molecule has 2 unspecified atom stereocenters. The maximum Gasteiger partial charge on any atom is 0.320 e. The summed E-state index contributed by atoms with van der Waals surface area (Å²) in [4.78, 5) is 27.7. The second-order valence-corrected chi connectivity index (χ2v) is 6.48. The van der Waals surface area contributed by atoms with Gasteiger partial charge in [0.15, 0.2) is 0 Å². The zero-order chi connectivity index (χ0) is 15.4. The highest BCUT2D eigenvalue weighted by Crippen LogP contribution is 2.27. The van der Waals surface area contributed by atoms with Crippen molar-refractivity contribution in [2.24, 2.45) is 5.92 Å². The predicted octanol–water partition coefficient (Wildman–Crippen LogP) is 1.96. The first-order valence-corrected chi connectivity index (χ1v) is 8.32. The van der Waals surface area contributed by atoms with Gasteiger partial charge in [-0.1, -0.05) is 20.3 Å². The van der Waals surface area contributed by atoms with Crippen LogP contribution in [0.2, 0.25) is 0 Å². The maximum atomic E-state index is 12.3. The number of rotatable bonds is 5. The normalized spacial score (nSPS) is 26.0. The van der Waals surface area contributed by atoms with Crippen molar-refractivity contribution in [2.75, 3.05) is 19.6 Å². The second-order valence-electron chi connectivity index (χ2n) is 6.48. The number of carbonyl (C=O) groups excluding carboxylic acids is 1. The van der Waals surface area contributed by atoms with Gasteiger partial charge in [-0.15, -0.1) is 0 Å². The summed E-state index contributed by atoms with van der Waals surface area (Å²) in [6.45, 7) is 6.57. The smallest absolute Gasteiger partial charge is 0.320 e. The summed E-state index contributed by atoms with van der Waals surface area (Å²) in [6, 6.07) is 0.0235. The number of hydrogen-bond acceptors (Lipinski definition) is 3. The Labute approximate surface area is 127 Å². The standard InChI is InChI=1S/C16H28N2O3/c1-3-5-12(2)15(19)17-10-7-13(8-11-17)18-9-4-6-14(18)16(20)21/h12-14H,3-11H2,1-2H3,(H,20,21). The first kappa shape index (κ1) is 16.3. The van der Waals surface area contributed by atoms with Crippen LogP contribution in [0.4, 0.5) is 0 Å². The molecule has 0 aromatic heterocycles. The summed E-state index contributed by atoms with van der Waals surface area (Å²) in [7, 11) is 0. The molecule has 2 fully saturated rings. The van der Waals surface area contributed by atoms with Crippen molar-refractivity contribution in [2.45, 2.75) is 64.5 Å². The molecule has 5 heteroatoms. The fraction of sp³-hybridized carbons (Fsp3) is 0.875. The number of carboxylic acid groups (broad SMARTS) is 1. The minimum atomic E-state index is -0.692. The molecule has 0 aromatic rings. The molecule has 5 nitrogen and oxygen atoms in total. The molecule has 2 rings (SSSR count). The number of aliphatic carboxylic acids is 1. The molecule has 2 heterocycles. The minimum Gasteiger partial charge on any atom is -0.480 e. The summed E-state index contributed by atoms with van der Waals surface area (Å²) in [5, 5.41) is 9.28. The van der Waals surface area contributed by atoms with Gasteiger partial charge in [-0.25, -0.2) is 0 Å². The van der Waals surface area contributed by atoms with Crippen molar-refractivity contribution < 1.29 is 14.7 Å². The van der Waals surface area contributed by atoms with Gasteiger partial charge in [0.2, 0.25) is 5.91 Å². The lowest BCUT2D eigenvalue weighted by Gasteiger charge is -2.39. The van der Waals surface area contributed by atoms with Crippen LogP contribution in [0.5, 0.6) is 0 Å². The van der Waals surface area contributed by atoms with Crippen molar-refractivity contribution >= 4 is 11.9 Å². The second kappa shape index (κ2) is 7.25. The van der Waals surface area contributed by atoms with E-state index >= 15 is 0 Å². The topological polar surface area (TPSA) is 60.9 Å². The fourth-order valence-corrected chi connectivity index (χ4v) is 3.78. The Morgan fingerprint density at radius 1 is 1.19 bits per heavy atom. The highest BCUT2D eigenvalue weighted by molar-refractivity contribution is 5.78. The van der Waals surface area contributed by atoms with Crippen molar-refractivity contribution in [3.05, 3.63) is 0 Å². The number of amides is 1. The third kappa shape index (κ3) is 3.76. The zero-order valence-corrected chi connectivity index (χ0v) is 13.3. The molecule has 2 aliphatic heterocycles. The molecule has 2 atom stereocenters. The van der Waals surface area contributed by atoms with Crippen molar-refractivity contribution in [1.29, 1.82) is 0 Å². The Bertz CT molecular complexity index is 378. The molecule has 1 amide bonds. The Kier molecular flexibility index (Phi) is 5.62. The Morgan fingerprint density at radius 3 is 2.43 bits per heavy atom. The summed E-state index contributed by atoms with van der Waals surface area (Å²) in [6.07, 6.45) is 5.55. The van der Waals surface area contributed by atoms with Crippen LogP contribution in [-0.4, -0.2) is 58.5 Å². The van der Waals surface area contributed by atoms with Crippen LogP contribution in [0.1, 0.15) is 52.4 Å². The van der Waals surface area contributed by atoms with Gasteiger partial charge in [0, 0.05) is 25.0 Å². The minimum absolute atomic E-state index is 0.116. The van der Waals surface area contributed by atoms with Crippen LogP contribution < -0.4 is 0 Å². The summed E-state index contributed by atoms with van der Waals surface area (Å²) >= 11 is 0. The highest BCUT2D eigenvalue weighted by atomic mass is 16.4. The molecular formula is C16H28N2O3. The summed E-state index contributed by atoms with van der Waals surface area (Å²) < 4.78 is 0.